The number of rotatable bonds is 10. The van der Waals surface area contributed by atoms with E-state index in [0.717, 1.165) is 54.9 Å². The molecule has 0 spiro atoms. The van der Waals surface area contributed by atoms with E-state index in [-0.39, 0.29) is 0 Å². The second-order valence-corrected chi connectivity index (χ2v) is 9.69. The van der Waals surface area contributed by atoms with Crippen molar-refractivity contribution in [2.75, 3.05) is 6.61 Å². The van der Waals surface area contributed by atoms with Crippen LogP contribution in [0.2, 0.25) is 0 Å². The van der Waals surface area contributed by atoms with Crippen LogP contribution in [0.15, 0.2) is 66.5 Å². The average Bonchev–Trinajstić information content (AvgIpc) is 3.42. The van der Waals surface area contributed by atoms with E-state index in [2.05, 4.69) is 72.5 Å². The number of aryl methyl sites for hydroxylation is 3. The maximum absolute atomic E-state index is 5.67. The molecular formula is C32H35N3O. The Labute approximate surface area is 214 Å². The number of nitrogens with zero attached hydrogens (tertiary/aromatic N) is 2. The summed E-state index contributed by atoms with van der Waals surface area (Å²) in [5.74, 6) is 2.25. The summed E-state index contributed by atoms with van der Waals surface area (Å²) in [7, 11) is 0. The summed E-state index contributed by atoms with van der Waals surface area (Å²) in [5, 5.41) is 1.23. The van der Waals surface area contributed by atoms with Crippen LogP contribution in [-0.2, 0) is 19.3 Å². The zero-order valence-corrected chi connectivity index (χ0v) is 21.6. The number of H-pyrrole nitrogens is 1. The summed E-state index contributed by atoms with van der Waals surface area (Å²) in [6.07, 6.45) is 15.6. The first kappa shape index (κ1) is 24.1. The Balaban J connectivity index is 1.16. The van der Waals surface area contributed by atoms with Crippen molar-refractivity contribution in [3.05, 3.63) is 100 Å². The number of ether oxygens (including phenoxy) is 1. The molecule has 5 rings (SSSR count). The molecule has 1 atom stereocenters. The topological polar surface area (TPSA) is 50.8 Å². The van der Waals surface area contributed by atoms with Gasteiger partial charge in [0.15, 0.2) is 5.82 Å². The molecule has 0 aliphatic heterocycles. The van der Waals surface area contributed by atoms with Gasteiger partial charge in [-0.1, -0.05) is 42.8 Å². The van der Waals surface area contributed by atoms with Crippen molar-refractivity contribution in [3.63, 3.8) is 0 Å². The number of benzene rings is 2. The molecule has 2 heterocycles. The number of hydrogen-bond donors (Lipinski definition) is 1. The predicted molar refractivity (Wildman–Crippen MR) is 149 cm³/mol. The molecule has 0 bridgehead atoms. The highest BCUT2D eigenvalue weighted by atomic mass is 16.5. The van der Waals surface area contributed by atoms with Gasteiger partial charge in [0.05, 0.1) is 6.61 Å². The third-order valence-corrected chi connectivity index (χ3v) is 7.26. The minimum atomic E-state index is 0.541. The molecule has 0 amide bonds. The van der Waals surface area contributed by atoms with Crippen LogP contribution >= 0.6 is 0 Å². The first-order valence-corrected chi connectivity index (χ1v) is 13.1. The molecule has 1 aliphatic carbocycles. The molecule has 4 nitrogen and oxygen atoms in total. The minimum Gasteiger partial charge on any atom is -0.494 e. The molecule has 184 valence electrons. The van der Waals surface area contributed by atoms with Gasteiger partial charge in [-0.25, -0.2) is 9.97 Å². The van der Waals surface area contributed by atoms with E-state index in [9.17, 15) is 0 Å². The molecule has 0 saturated carbocycles. The lowest BCUT2D eigenvalue weighted by Gasteiger charge is -2.10. The summed E-state index contributed by atoms with van der Waals surface area (Å²) >= 11 is 0. The highest BCUT2D eigenvalue weighted by Crippen LogP contribution is 2.37. The van der Waals surface area contributed by atoms with Crippen LogP contribution in [0.1, 0.15) is 73.3 Å². The van der Waals surface area contributed by atoms with Crippen LogP contribution in [-0.4, -0.2) is 21.6 Å². The van der Waals surface area contributed by atoms with Crippen LogP contribution < -0.4 is 4.74 Å². The van der Waals surface area contributed by atoms with Crippen LogP contribution in [0, 0.1) is 0 Å². The molecule has 1 N–H and O–H groups in total. The van der Waals surface area contributed by atoms with Crippen LogP contribution in [0.5, 0.6) is 5.75 Å². The average molecular weight is 478 g/mol. The van der Waals surface area contributed by atoms with Crippen molar-refractivity contribution in [3.8, 4) is 5.75 Å². The Kier molecular flexibility index (Phi) is 7.31. The van der Waals surface area contributed by atoms with Crippen LogP contribution in [0.25, 0.3) is 23.1 Å². The van der Waals surface area contributed by atoms with Crippen molar-refractivity contribution in [2.45, 2.75) is 58.8 Å². The second-order valence-electron chi connectivity index (χ2n) is 9.69. The quantitative estimate of drug-likeness (QED) is 0.255. The highest BCUT2D eigenvalue weighted by molar-refractivity contribution is 5.84. The minimum absolute atomic E-state index is 0.541. The number of aromatic nitrogens is 3. The van der Waals surface area contributed by atoms with Crippen molar-refractivity contribution >= 4 is 23.1 Å². The van der Waals surface area contributed by atoms with Gasteiger partial charge in [0.25, 0.3) is 0 Å². The van der Waals surface area contributed by atoms with E-state index >= 15 is 0 Å². The fourth-order valence-electron chi connectivity index (χ4n) is 5.14. The lowest BCUT2D eigenvalue weighted by Crippen LogP contribution is -1.98. The van der Waals surface area contributed by atoms with E-state index in [4.69, 9.17) is 9.72 Å². The fourth-order valence-corrected chi connectivity index (χ4v) is 5.14. The predicted octanol–water partition coefficient (Wildman–Crippen LogP) is 7.70. The fraction of sp³-hybridized carbons (Fsp3) is 0.312. The maximum atomic E-state index is 5.67. The lowest BCUT2D eigenvalue weighted by molar-refractivity contribution is 0.340. The molecular weight excluding hydrogens is 442 g/mol. The Morgan fingerprint density at radius 3 is 2.86 bits per heavy atom. The van der Waals surface area contributed by atoms with Crippen LogP contribution in [0.4, 0.5) is 0 Å². The summed E-state index contributed by atoms with van der Waals surface area (Å²) < 4.78 is 5.67. The zero-order chi connectivity index (χ0) is 24.9. The Morgan fingerprint density at radius 1 is 1.06 bits per heavy atom. The number of fused-ring (bicyclic) bond motifs is 2. The number of nitrogens with one attached hydrogen (secondary N) is 1. The summed E-state index contributed by atoms with van der Waals surface area (Å²) in [6, 6.07) is 15.0. The Hall–Kier alpha value is -3.66. The van der Waals surface area contributed by atoms with Gasteiger partial charge in [-0.15, -0.1) is 0 Å². The Bertz CT molecular complexity index is 1410. The SMILES string of the molecule is CCOc1ccc2[nH]cc(CCC=Cc3nccc(CCCc4cccc5c4C=C(C)C5C)n3)c2c1. The van der Waals surface area contributed by atoms with Gasteiger partial charge in [0, 0.05) is 34.9 Å². The third-order valence-electron chi connectivity index (χ3n) is 7.26. The van der Waals surface area contributed by atoms with Crippen molar-refractivity contribution < 1.29 is 4.74 Å². The number of aromatic amines is 1. The molecule has 4 aromatic rings. The smallest absolute Gasteiger partial charge is 0.151 e. The number of hydrogen-bond acceptors (Lipinski definition) is 3. The van der Waals surface area contributed by atoms with Gasteiger partial charge in [0.1, 0.15) is 5.75 Å². The number of allylic oxidation sites excluding steroid dienone is 2. The van der Waals surface area contributed by atoms with Gasteiger partial charge in [-0.3, -0.25) is 0 Å². The highest BCUT2D eigenvalue weighted by Gasteiger charge is 2.19. The van der Waals surface area contributed by atoms with Gasteiger partial charge in [-0.05, 0) is 98.5 Å². The van der Waals surface area contributed by atoms with E-state index in [1.165, 1.54) is 33.2 Å². The molecule has 4 heteroatoms. The second kappa shape index (κ2) is 10.9. The monoisotopic (exact) mass is 477 g/mol. The van der Waals surface area contributed by atoms with Gasteiger partial charge in [0.2, 0.25) is 0 Å². The van der Waals surface area contributed by atoms with Crippen molar-refractivity contribution in [1.82, 2.24) is 15.0 Å². The summed E-state index contributed by atoms with van der Waals surface area (Å²) in [5.41, 5.74) is 9.39. The van der Waals surface area contributed by atoms with Gasteiger partial charge >= 0.3 is 0 Å². The molecule has 2 aromatic heterocycles. The Morgan fingerprint density at radius 2 is 1.97 bits per heavy atom. The zero-order valence-electron chi connectivity index (χ0n) is 21.6. The summed E-state index contributed by atoms with van der Waals surface area (Å²) in [6.45, 7) is 7.23. The maximum Gasteiger partial charge on any atom is 0.151 e. The van der Waals surface area contributed by atoms with E-state index in [1.807, 2.05) is 31.3 Å². The van der Waals surface area contributed by atoms with Crippen LogP contribution in [0.3, 0.4) is 0 Å². The third kappa shape index (κ3) is 5.28. The first-order valence-electron chi connectivity index (χ1n) is 13.1. The molecule has 2 aromatic carbocycles. The largest absolute Gasteiger partial charge is 0.494 e. The summed E-state index contributed by atoms with van der Waals surface area (Å²) in [4.78, 5) is 12.6. The van der Waals surface area contributed by atoms with Crippen molar-refractivity contribution in [2.24, 2.45) is 0 Å². The van der Waals surface area contributed by atoms with Crippen molar-refractivity contribution in [1.29, 1.82) is 0 Å². The molecule has 36 heavy (non-hydrogen) atoms. The standard InChI is InChI=1S/C32H35N3O/c1-4-36-27-15-16-31-30(20-27)25(21-34-31)9-5-6-14-32-33-18-17-26(35-32)12-7-10-24-11-8-13-28-23(3)22(2)19-29(24)28/h6,8,11,13-21,23,34H,4-5,7,9-10,12H2,1-3H3. The lowest BCUT2D eigenvalue weighted by atomic mass is 9.94. The van der Waals surface area contributed by atoms with E-state index < -0.39 is 0 Å². The van der Waals surface area contributed by atoms with Gasteiger partial charge < -0.3 is 9.72 Å². The first-order chi connectivity index (χ1) is 17.6. The molecule has 0 fully saturated rings. The molecule has 0 radical (unpaired) electrons. The van der Waals surface area contributed by atoms with E-state index in [1.54, 1.807) is 0 Å². The molecule has 0 saturated heterocycles. The normalized spacial score (nSPS) is 15.0. The molecule has 1 aliphatic rings. The van der Waals surface area contributed by atoms with E-state index in [0.29, 0.717) is 12.5 Å². The molecule has 1 unspecified atom stereocenters. The van der Waals surface area contributed by atoms with Gasteiger partial charge in [-0.2, -0.15) is 0 Å².